The fourth-order valence-corrected chi connectivity index (χ4v) is 4.73. The number of nitrogens with zero attached hydrogens (tertiary/aromatic N) is 2. The van der Waals surface area contributed by atoms with E-state index in [9.17, 15) is 9.59 Å². The highest BCUT2D eigenvalue weighted by molar-refractivity contribution is 5.78. The molecule has 33 heavy (non-hydrogen) atoms. The number of allylic oxidation sites excluding steroid dienone is 1. The zero-order chi connectivity index (χ0) is 24.6. The Bertz CT molecular complexity index is 1060. The largest absolute Gasteiger partial charge is 0.481 e. The van der Waals surface area contributed by atoms with E-state index in [1.165, 1.54) is 11.1 Å². The molecular weight excluding hydrogens is 414 g/mol. The number of carboxylic acid groups (broad SMARTS) is 1. The zero-order valence-corrected chi connectivity index (χ0v) is 20.9. The Labute approximate surface area is 197 Å². The highest BCUT2D eigenvalue weighted by Crippen LogP contribution is 2.34. The van der Waals surface area contributed by atoms with Crippen LogP contribution >= 0.6 is 0 Å². The Morgan fingerprint density at radius 3 is 2.27 bits per heavy atom. The summed E-state index contributed by atoms with van der Waals surface area (Å²) in [7, 11) is 0. The van der Waals surface area contributed by atoms with Crippen LogP contribution in [0, 0.1) is 19.3 Å². The van der Waals surface area contributed by atoms with Gasteiger partial charge in [-0.05, 0) is 48.8 Å². The van der Waals surface area contributed by atoms with Crippen molar-refractivity contribution in [3.05, 3.63) is 58.9 Å². The predicted molar refractivity (Wildman–Crippen MR) is 131 cm³/mol. The SMILES string of the molecule is Cc1nn(-c2ccc(C(C)(C)C)cc2)c(C)c1C1C=CC(NC(=O)CC(C)(C)CC(=O)O)C1. The van der Waals surface area contributed by atoms with E-state index in [1.807, 2.05) is 31.5 Å². The second kappa shape index (κ2) is 9.16. The summed E-state index contributed by atoms with van der Waals surface area (Å²) in [6, 6.07) is 8.51. The van der Waals surface area contributed by atoms with E-state index in [1.54, 1.807) is 0 Å². The zero-order valence-electron chi connectivity index (χ0n) is 20.9. The molecule has 0 bridgehead atoms. The Hall–Kier alpha value is -2.89. The van der Waals surface area contributed by atoms with Crippen molar-refractivity contribution in [2.24, 2.45) is 5.41 Å². The molecule has 1 aromatic heterocycles. The smallest absolute Gasteiger partial charge is 0.303 e. The number of carboxylic acids is 1. The minimum absolute atomic E-state index is 0.0299. The molecule has 0 aliphatic heterocycles. The van der Waals surface area contributed by atoms with Crippen molar-refractivity contribution >= 4 is 11.9 Å². The van der Waals surface area contributed by atoms with E-state index < -0.39 is 11.4 Å². The number of carbonyl (C=O) groups excluding carboxylic acids is 1. The average molecular weight is 452 g/mol. The number of benzene rings is 1. The number of aromatic nitrogens is 2. The molecule has 0 radical (unpaired) electrons. The van der Waals surface area contributed by atoms with Crippen molar-refractivity contribution in [1.29, 1.82) is 0 Å². The molecule has 2 N–H and O–H groups in total. The summed E-state index contributed by atoms with van der Waals surface area (Å²) < 4.78 is 2.01. The van der Waals surface area contributed by atoms with E-state index in [2.05, 4.69) is 63.4 Å². The van der Waals surface area contributed by atoms with Gasteiger partial charge in [0.2, 0.25) is 5.91 Å². The van der Waals surface area contributed by atoms with Gasteiger partial charge < -0.3 is 10.4 Å². The van der Waals surface area contributed by atoms with Crippen LogP contribution in [-0.4, -0.2) is 32.8 Å². The number of hydrogen-bond donors (Lipinski definition) is 2. The number of carbonyl (C=O) groups is 2. The third-order valence-electron chi connectivity index (χ3n) is 6.39. The van der Waals surface area contributed by atoms with Crippen molar-refractivity contribution in [1.82, 2.24) is 15.1 Å². The first kappa shape index (κ1) is 24.7. The molecule has 0 fully saturated rings. The van der Waals surface area contributed by atoms with Crippen LogP contribution in [-0.2, 0) is 15.0 Å². The van der Waals surface area contributed by atoms with E-state index in [-0.39, 0.29) is 36.1 Å². The van der Waals surface area contributed by atoms with Crippen LogP contribution in [0.2, 0.25) is 0 Å². The maximum absolute atomic E-state index is 12.5. The molecule has 3 rings (SSSR count). The van der Waals surface area contributed by atoms with Gasteiger partial charge in [-0.1, -0.05) is 58.9 Å². The lowest BCUT2D eigenvalue weighted by Gasteiger charge is -2.23. The third-order valence-corrected chi connectivity index (χ3v) is 6.39. The number of aliphatic carboxylic acids is 1. The number of hydrogen-bond acceptors (Lipinski definition) is 3. The summed E-state index contributed by atoms with van der Waals surface area (Å²) >= 11 is 0. The molecule has 0 saturated heterocycles. The highest BCUT2D eigenvalue weighted by Gasteiger charge is 2.29. The van der Waals surface area contributed by atoms with Crippen molar-refractivity contribution in [2.75, 3.05) is 0 Å². The molecule has 1 heterocycles. The first-order valence-electron chi connectivity index (χ1n) is 11.6. The van der Waals surface area contributed by atoms with Crippen LogP contribution in [0.4, 0.5) is 0 Å². The van der Waals surface area contributed by atoms with Gasteiger partial charge in [-0.3, -0.25) is 9.59 Å². The minimum atomic E-state index is -0.885. The monoisotopic (exact) mass is 451 g/mol. The molecule has 6 heteroatoms. The molecule has 2 unspecified atom stereocenters. The van der Waals surface area contributed by atoms with Crippen LogP contribution in [0.25, 0.3) is 5.69 Å². The number of rotatable bonds is 7. The molecule has 1 amide bonds. The third kappa shape index (κ3) is 5.92. The molecule has 2 atom stereocenters. The second-order valence-electron chi connectivity index (χ2n) is 11.1. The molecule has 1 aliphatic carbocycles. The molecule has 6 nitrogen and oxygen atoms in total. The van der Waals surface area contributed by atoms with E-state index in [0.717, 1.165) is 23.5 Å². The maximum atomic E-state index is 12.5. The highest BCUT2D eigenvalue weighted by atomic mass is 16.4. The lowest BCUT2D eigenvalue weighted by Crippen LogP contribution is -2.36. The Morgan fingerprint density at radius 1 is 1.06 bits per heavy atom. The Kier molecular flexibility index (Phi) is 6.87. The molecule has 178 valence electrons. The van der Waals surface area contributed by atoms with Gasteiger partial charge in [0, 0.05) is 29.6 Å². The molecule has 2 aromatic rings. The van der Waals surface area contributed by atoms with E-state index in [4.69, 9.17) is 10.2 Å². The van der Waals surface area contributed by atoms with Crippen molar-refractivity contribution in [3.63, 3.8) is 0 Å². The van der Waals surface area contributed by atoms with Gasteiger partial charge in [0.1, 0.15) is 0 Å². The van der Waals surface area contributed by atoms with Crippen LogP contribution in [0.1, 0.15) is 82.3 Å². The molecule has 0 spiro atoms. The molecule has 0 saturated carbocycles. The topological polar surface area (TPSA) is 84.2 Å². The first-order chi connectivity index (χ1) is 15.3. The standard InChI is InChI=1S/C27H37N3O3/c1-17-25(18(2)30(29-17)22-12-9-20(10-13-22)26(3,4)5)19-8-11-21(14-19)28-23(31)15-27(6,7)16-24(32)33/h8-13,19,21H,14-16H2,1-7H3,(H,28,31)(H,32,33). The van der Waals surface area contributed by atoms with Crippen LogP contribution in [0.3, 0.4) is 0 Å². The van der Waals surface area contributed by atoms with Gasteiger partial charge in [0.15, 0.2) is 0 Å². The van der Waals surface area contributed by atoms with Crippen molar-refractivity contribution in [2.45, 2.75) is 85.1 Å². The van der Waals surface area contributed by atoms with Gasteiger partial charge in [-0.15, -0.1) is 0 Å². The Morgan fingerprint density at radius 2 is 1.70 bits per heavy atom. The van der Waals surface area contributed by atoms with Crippen LogP contribution in [0.5, 0.6) is 0 Å². The summed E-state index contributed by atoms with van der Waals surface area (Å²) in [6.07, 6.45) is 5.13. The quantitative estimate of drug-likeness (QED) is 0.566. The van der Waals surface area contributed by atoms with E-state index in [0.29, 0.717) is 0 Å². The van der Waals surface area contributed by atoms with Gasteiger partial charge in [0.25, 0.3) is 0 Å². The summed E-state index contributed by atoms with van der Waals surface area (Å²) in [6.45, 7) is 14.4. The number of amides is 1. The fourth-order valence-electron chi connectivity index (χ4n) is 4.73. The summed E-state index contributed by atoms with van der Waals surface area (Å²) in [4.78, 5) is 23.5. The maximum Gasteiger partial charge on any atom is 0.303 e. The fraction of sp³-hybridized carbons (Fsp3) is 0.519. The minimum Gasteiger partial charge on any atom is -0.481 e. The summed E-state index contributed by atoms with van der Waals surface area (Å²) in [5.74, 6) is -0.811. The van der Waals surface area contributed by atoms with Gasteiger partial charge >= 0.3 is 5.97 Å². The van der Waals surface area contributed by atoms with Crippen LogP contribution in [0.15, 0.2) is 36.4 Å². The van der Waals surface area contributed by atoms with E-state index >= 15 is 0 Å². The number of aryl methyl sites for hydroxylation is 1. The first-order valence-corrected chi connectivity index (χ1v) is 11.6. The second-order valence-corrected chi connectivity index (χ2v) is 11.1. The normalized spacial score (nSPS) is 18.5. The Balaban J connectivity index is 1.69. The lowest BCUT2D eigenvalue weighted by molar-refractivity contribution is -0.139. The summed E-state index contributed by atoms with van der Waals surface area (Å²) in [5, 5.41) is 16.9. The van der Waals surface area contributed by atoms with Crippen molar-refractivity contribution in [3.8, 4) is 5.69 Å². The predicted octanol–water partition coefficient (Wildman–Crippen LogP) is 5.21. The molecular formula is C27H37N3O3. The van der Waals surface area contributed by atoms with Gasteiger partial charge in [-0.25, -0.2) is 4.68 Å². The average Bonchev–Trinajstić information content (AvgIpc) is 3.22. The molecule has 1 aromatic carbocycles. The van der Waals surface area contributed by atoms with Gasteiger partial charge in [0.05, 0.1) is 17.8 Å². The van der Waals surface area contributed by atoms with Gasteiger partial charge in [-0.2, -0.15) is 5.10 Å². The van der Waals surface area contributed by atoms with Crippen molar-refractivity contribution < 1.29 is 14.7 Å². The molecule has 1 aliphatic rings. The van der Waals surface area contributed by atoms with Crippen LogP contribution < -0.4 is 5.32 Å². The number of nitrogens with one attached hydrogen (secondary N) is 1. The summed E-state index contributed by atoms with van der Waals surface area (Å²) in [5.41, 5.74) is 5.18. The lowest BCUT2D eigenvalue weighted by atomic mass is 9.85.